The molecule has 0 bridgehead atoms. The summed E-state index contributed by atoms with van der Waals surface area (Å²) in [4.78, 5) is 2.58. The van der Waals surface area contributed by atoms with Crippen molar-refractivity contribution in [3.63, 3.8) is 0 Å². The van der Waals surface area contributed by atoms with Crippen LogP contribution in [0, 0.1) is 5.41 Å². The quantitative estimate of drug-likeness (QED) is 0.815. The summed E-state index contributed by atoms with van der Waals surface area (Å²) < 4.78 is 5.70. The fourth-order valence-corrected chi connectivity index (χ4v) is 3.89. The maximum atomic E-state index is 5.70. The molecule has 4 unspecified atom stereocenters. The highest BCUT2D eigenvalue weighted by atomic mass is 16.5. The van der Waals surface area contributed by atoms with E-state index in [0.29, 0.717) is 29.6 Å². The Morgan fingerprint density at radius 3 is 2.47 bits per heavy atom. The van der Waals surface area contributed by atoms with Crippen LogP contribution in [-0.2, 0) is 4.74 Å². The molecule has 1 aliphatic heterocycles. The Labute approximate surface area is 106 Å². The van der Waals surface area contributed by atoms with Crippen molar-refractivity contribution in [2.75, 3.05) is 20.7 Å². The van der Waals surface area contributed by atoms with E-state index in [1.807, 2.05) is 0 Å². The van der Waals surface area contributed by atoms with Gasteiger partial charge in [-0.15, -0.1) is 0 Å². The molecule has 100 valence electrons. The lowest BCUT2D eigenvalue weighted by Gasteiger charge is -2.38. The highest BCUT2D eigenvalue weighted by Crippen LogP contribution is 2.40. The van der Waals surface area contributed by atoms with Gasteiger partial charge in [-0.25, -0.2) is 0 Å². The molecule has 1 saturated carbocycles. The monoisotopic (exact) mass is 240 g/mol. The SMILES string of the molecule is CNC1C(N(C)C2CCOC2C)CCC1(C)C. The van der Waals surface area contributed by atoms with Crippen molar-refractivity contribution in [1.29, 1.82) is 0 Å². The minimum atomic E-state index is 0.390. The van der Waals surface area contributed by atoms with Crippen LogP contribution >= 0.6 is 0 Å². The molecule has 0 radical (unpaired) electrons. The van der Waals surface area contributed by atoms with E-state index < -0.39 is 0 Å². The molecule has 1 heterocycles. The van der Waals surface area contributed by atoms with Gasteiger partial charge < -0.3 is 10.1 Å². The van der Waals surface area contributed by atoms with Crippen LogP contribution in [0.5, 0.6) is 0 Å². The van der Waals surface area contributed by atoms with Gasteiger partial charge in [0.1, 0.15) is 0 Å². The lowest BCUT2D eigenvalue weighted by atomic mass is 9.86. The maximum Gasteiger partial charge on any atom is 0.0703 e. The van der Waals surface area contributed by atoms with Gasteiger partial charge in [-0.2, -0.15) is 0 Å². The normalized spacial score (nSPS) is 41.3. The second-order valence-corrected chi connectivity index (χ2v) is 6.46. The predicted molar refractivity (Wildman–Crippen MR) is 71.2 cm³/mol. The molecule has 0 aromatic heterocycles. The summed E-state index contributed by atoms with van der Waals surface area (Å²) >= 11 is 0. The van der Waals surface area contributed by atoms with Gasteiger partial charge >= 0.3 is 0 Å². The van der Waals surface area contributed by atoms with E-state index in [1.54, 1.807) is 0 Å². The molecule has 17 heavy (non-hydrogen) atoms. The Hall–Kier alpha value is -0.120. The van der Waals surface area contributed by atoms with Crippen LogP contribution < -0.4 is 5.32 Å². The number of rotatable bonds is 3. The zero-order valence-corrected chi connectivity index (χ0v) is 12.0. The minimum absolute atomic E-state index is 0.390. The summed E-state index contributed by atoms with van der Waals surface area (Å²) in [6.45, 7) is 7.91. The number of nitrogens with one attached hydrogen (secondary N) is 1. The van der Waals surface area contributed by atoms with E-state index in [0.717, 1.165) is 6.61 Å². The van der Waals surface area contributed by atoms with E-state index in [9.17, 15) is 0 Å². The number of ether oxygens (including phenoxy) is 1. The molecule has 0 spiro atoms. The first-order chi connectivity index (χ1) is 7.97. The first kappa shape index (κ1) is 13.3. The predicted octanol–water partition coefficient (Wildman–Crippen LogP) is 1.87. The van der Waals surface area contributed by atoms with Gasteiger partial charge in [0, 0.05) is 24.7 Å². The van der Waals surface area contributed by atoms with Crippen molar-refractivity contribution in [3.8, 4) is 0 Å². The van der Waals surface area contributed by atoms with Crippen molar-refractivity contribution in [2.24, 2.45) is 5.41 Å². The lowest BCUT2D eigenvalue weighted by Crippen LogP contribution is -2.53. The van der Waals surface area contributed by atoms with Gasteiger partial charge in [-0.1, -0.05) is 13.8 Å². The van der Waals surface area contributed by atoms with Crippen molar-refractivity contribution in [1.82, 2.24) is 10.2 Å². The second kappa shape index (κ2) is 4.87. The standard InChI is InChI=1S/C14H28N2O/c1-10-11(7-9-17-10)16(5)12-6-8-14(2,3)13(12)15-4/h10-13,15H,6-9H2,1-5H3. The Bertz CT molecular complexity index is 267. The largest absolute Gasteiger partial charge is 0.377 e. The topological polar surface area (TPSA) is 24.5 Å². The average Bonchev–Trinajstić information content (AvgIpc) is 2.80. The highest BCUT2D eigenvalue weighted by molar-refractivity contribution is 5.02. The van der Waals surface area contributed by atoms with Crippen LogP contribution in [0.15, 0.2) is 0 Å². The Kier molecular flexibility index (Phi) is 3.81. The summed E-state index contributed by atoms with van der Waals surface area (Å²) in [5, 5.41) is 3.54. The highest BCUT2D eigenvalue weighted by Gasteiger charge is 2.45. The van der Waals surface area contributed by atoms with Crippen molar-refractivity contribution in [2.45, 2.75) is 64.3 Å². The average molecular weight is 240 g/mol. The third-order valence-electron chi connectivity index (χ3n) is 5.00. The molecule has 1 aliphatic carbocycles. The van der Waals surface area contributed by atoms with Crippen LogP contribution in [0.3, 0.4) is 0 Å². The molecule has 3 nitrogen and oxygen atoms in total. The maximum absolute atomic E-state index is 5.70. The minimum Gasteiger partial charge on any atom is -0.377 e. The molecule has 1 N–H and O–H groups in total. The zero-order chi connectivity index (χ0) is 12.6. The van der Waals surface area contributed by atoms with Crippen LogP contribution in [0.1, 0.15) is 40.0 Å². The van der Waals surface area contributed by atoms with Crippen molar-refractivity contribution < 1.29 is 4.74 Å². The molecule has 2 aliphatic rings. The molecule has 4 atom stereocenters. The molecule has 2 fully saturated rings. The van der Waals surface area contributed by atoms with Gasteiger partial charge in [0.15, 0.2) is 0 Å². The molecule has 3 heteroatoms. The third kappa shape index (κ3) is 2.38. The van der Waals surface area contributed by atoms with E-state index in [2.05, 4.69) is 45.1 Å². The molecule has 2 rings (SSSR count). The van der Waals surface area contributed by atoms with E-state index in [-0.39, 0.29) is 0 Å². The van der Waals surface area contributed by atoms with Gasteiger partial charge in [-0.3, -0.25) is 4.90 Å². The fraction of sp³-hybridized carbons (Fsp3) is 1.00. The van der Waals surface area contributed by atoms with Crippen molar-refractivity contribution >= 4 is 0 Å². The number of hydrogen-bond donors (Lipinski definition) is 1. The van der Waals surface area contributed by atoms with Crippen molar-refractivity contribution in [3.05, 3.63) is 0 Å². The molecular weight excluding hydrogens is 212 g/mol. The van der Waals surface area contributed by atoms with Crippen LogP contribution in [0.25, 0.3) is 0 Å². The molecular formula is C14H28N2O. The Morgan fingerprint density at radius 2 is 1.94 bits per heavy atom. The summed E-state index contributed by atoms with van der Waals surface area (Å²) in [6.07, 6.45) is 4.19. The molecule has 0 aromatic rings. The first-order valence-corrected chi connectivity index (χ1v) is 6.98. The van der Waals surface area contributed by atoms with Crippen LogP contribution in [0.2, 0.25) is 0 Å². The second-order valence-electron chi connectivity index (χ2n) is 6.46. The number of hydrogen-bond acceptors (Lipinski definition) is 3. The van der Waals surface area contributed by atoms with Crippen LogP contribution in [-0.4, -0.2) is 49.8 Å². The van der Waals surface area contributed by atoms with E-state index in [4.69, 9.17) is 4.74 Å². The van der Waals surface area contributed by atoms with Crippen LogP contribution in [0.4, 0.5) is 0 Å². The molecule has 0 aromatic carbocycles. The summed E-state index contributed by atoms with van der Waals surface area (Å²) in [5.74, 6) is 0. The zero-order valence-electron chi connectivity index (χ0n) is 12.0. The van der Waals surface area contributed by atoms with E-state index in [1.165, 1.54) is 19.3 Å². The molecule has 1 saturated heterocycles. The summed E-state index contributed by atoms with van der Waals surface area (Å²) in [7, 11) is 4.39. The Morgan fingerprint density at radius 1 is 1.24 bits per heavy atom. The third-order valence-corrected chi connectivity index (χ3v) is 5.00. The molecule has 0 amide bonds. The van der Waals surface area contributed by atoms with Gasteiger partial charge in [-0.05, 0) is 45.7 Å². The summed E-state index contributed by atoms with van der Waals surface area (Å²) in [5.41, 5.74) is 0.413. The Balaban J connectivity index is 2.06. The smallest absolute Gasteiger partial charge is 0.0703 e. The fourth-order valence-electron chi connectivity index (χ4n) is 3.89. The lowest BCUT2D eigenvalue weighted by molar-refractivity contribution is 0.0583. The van der Waals surface area contributed by atoms with Gasteiger partial charge in [0.05, 0.1) is 6.10 Å². The number of likely N-dealkylation sites (N-methyl/N-ethyl adjacent to an activating group) is 2. The van der Waals surface area contributed by atoms with E-state index >= 15 is 0 Å². The van der Waals surface area contributed by atoms with Gasteiger partial charge in [0.2, 0.25) is 0 Å². The summed E-state index contributed by atoms with van der Waals surface area (Å²) in [6, 6.07) is 1.86. The van der Waals surface area contributed by atoms with Gasteiger partial charge in [0.25, 0.3) is 0 Å². The first-order valence-electron chi connectivity index (χ1n) is 6.98. The number of nitrogens with zero attached hydrogens (tertiary/aromatic N) is 1.